The highest BCUT2D eigenvalue weighted by molar-refractivity contribution is 5.89. The van der Waals surface area contributed by atoms with E-state index in [-0.39, 0.29) is 0 Å². The summed E-state index contributed by atoms with van der Waals surface area (Å²) in [5, 5.41) is 0. The van der Waals surface area contributed by atoms with Crippen molar-refractivity contribution in [3.63, 3.8) is 0 Å². The molecule has 1 fully saturated rings. The van der Waals surface area contributed by atoms with Crippen LogP contribution in [0.2, 0.25) is 0 Å². The van der Waals surface area contributed by atoms with Gasteiger partial charge >= 0.3 is 0 Å². The molecule has 1 atom stereocenters. The summed E-state index contributed by atoms with van der Waals surface area (Å²) in [7, 11) is 2.07. The third-order valence-electron chi connectivity index (χ3n) is 3.54. The average molecular weight is 230 g/mol. The summed E-state index contributed by atoms with van der Waals surface area (Å²) in [6.07, 6.45) is 6.26. The van der Waals surface area contributed by atoms with Crippen LogP contribution in [0.4, 0.5) is 5.69 Å². The topological polar surface area (TPSA) is 47.1 Å². The maximum atomic E-state index is 6.06. The summed E-state index contributed by atoms with van der Waals surface area (Å²) < 4.78 is 2.14. The molecule has 0 aliphatic carbocycles. The van der Waals surface area contributed by atoms with Crippen molar-refractivity contribution in [3.8, 4) is 0 Å². The average Bonchev–Trinajstić information content (AvgIpc) is 2.71. The number of hydrogen-bond acceptors (Lipinski definition) is 3. The van der Waals surface area contributed by atoms with Gasteiger partial charge in [-0.05, 0) is 25.0 Å². The van der Waals surface area contributed by atoms with E-state index in [4.69, 9.17) is 5.73 Å². The predicted molar refractivity (Wildman–Crippen MR) is 70.1 cm³/mol. The lowest BCUT2D eigenvalue weighted by Gasteiger charge is -2.33. The van der Waals surface area contributed by atoms with E-state index in [0.717, 1.165) is 25.0 Å². The van der Waals surface area contributed by atoms with Crippen LogP contribution in [0.15, 0.2) is 24.5 Å². The molecule has 4 nitrogen and oxygen atoms in total. The van der Waals surface area contributed by atoms with Crippen LogP contribution in [0.1, 0.15) is 12.8 Å². The van der Waals surface area contributed by atoms with Crippen LogP contribution in [-0.2, 0) is 7.05 Å². The third-order valence-corrected chi connectivity index (χ3v) is 3.54. The van der Waals surface area contributed by atoms with Gasteiger partial charge in [-0.25, -0.2) is 0 Å². The van der Waals surface area contributed by atoms with Crippen molar-refractivity contribution in [2.75, 3.05) is 18.0 Å². The smallest absolute Gasteiger partial charge is 0.0903 e. The minimum absolute atomic E-state index is 0.298. The van der Waals surface area contributed by atoms with Crippen LogP contribution in [0.3, 0.4) is 0 Å². The zero-order valence-electron chi connectivity index (χ0n) is 10.1. The molecule has 1 saturated heterocycles. The third kappa shape index (κ3) is 1.78. The number of aromatic nitrogens is 2. The van der Waals surface area contributed by atoms with Crippen molar-refractivity contribution in [2.45, 2.75) is 18.9 Å². The van der Waals surface area contributed by atoms with Crippen molar-refractivity contribution < 1.29 is 0 Å². The first-order valence-corrected chi connectivity index (χ1v) is 6.16. The van der Waals surface area contributed by atoms with Crippen molar-refractivity contribution in [3.05, 3.63) is 24.5 Å². The molecule has 17 heavy (non-hydrogen) atoms. The summed E-state index contributed by atoms with van der Waals surface area (Å²) in [5.74, 6) is 0. The van der Waals surface area contributed by atoms with E-state index in [1.165, 1.54) is 17.6 Å². The number of piperidine rings is 1. The number of pyridine rings is 1. The SMILES string of the molecule is Cn1ccc2nccc(N3CCCC(N)C3)c21. The van der Waals surface area contributed by atoms with E-state index < -0.39 is 0 Å². The van der Waals surface area contributed by atoms with Crippen LogP contribution in [0, 0.1) is 0 Å². The molecule has 2 aromatic rings. The molecule has 0 radical (unpaired) electrons. The normalized spacial score (nSPS) is 21.1. The van der Waals surface area contributed by atoms with Crippen molar-refractivity contribution in [2.24, 2.45) is 12.8 Å². The van der Waals surface area contributed by atoms with Gasteiger partial charge in [0.05, 0.1) is 16.7 Å². The van der Waals surface area contributed by atoms with Crippen LogP contribution in [0.5, 0.6) is 0 Å². The van der Waals surface area contributed by atoms with Gasteiger partial charge in [0.25, 0.3) is 0 Å². The van der Waals surface area contributed by atoms with Crippen LogP contribution in [-0.4, -0.2) is 28.7 Å². The minimum Gasteiger partial charge on any atom is -0.368 e. The Labute approximate surface area is 101 Å². The zero-order valence-corrected chi connectivity index (χ0v) is 10.1. The summed E-state index contributed by atoms with van der Waals surface area (Å²) in [5.41, 5.74) is 9.59. The molecule has 3 rings (SSSR count). The lowest BCUT2D eigenvalue weighted by Crippen LogP contribution is -2.43. The Balaban J connectivity index is 2.07. The Kier molecular flexibility index (Phi) is 2.52. The molecule has 0 aromatic carbocycles. The van der Waals surface area contributed by atoms with Crippen LogP contribution >= 0.6 is 0 Å². The second kappa shape index (κ2) is 4.04. The van der Waals surface area contributed by atoms with E-state index in [9.17, 15) is 0 Å². The molecule has 90 valence electrons. The molecule has 1 aliphatic rings. The fourth-order valence-electron chi connectivity index (χ4n) is 2.68. The summed E-state index contributed by atoms with van der Waals surface area (Å²) >= 11 is 0. The van der Waals surface area contributed by atoms with Gasteiger partial charge in [0.1, 0.15) is 0 Å². The van der Waals surface area contributed by atoms with Crippen molar-refractivity contribution >= 4 is 16.7 Å². The van der Waals surface area contributed by atoms with E-state index >= 15 is 0 Å². The molecule has 0 spiro atoms. The van der Waals surface area contributed by atoms with Gasteiger partial charge in [0, 0.05) is 38.6 Å². The van der Waals surface area contributed by atoms with Gasteiger partial charge in [0.2, 0.25) is 0 Å². The summed E-state index contributed by atoms with van der Waals surface area (Å²) in [6.45, 7) is 2.04. The number of nitrogens with two attached hydrogens (primary N) is 1. The van der Waals surface area contributed by atoms with Crippen molar-refractivity contribution in [1.29, 1.82) is 0 Å². The van der Waals surface area contributed by atoms with Crippen molar-refractivity contribution in [1.82, 2.24) is 9.55 Å². The first-order chi connectivity index (χ1) is 8.25. The van der Waals surface area contributed by atoms with E-state index in [1.54, 1.807) is 0 Å². The Morgan fingerprint density at radius 3 is 3.12 bits per heavy atom. The van der Waals surface area contributed by atoms with E-state index in [2.05, 4.69) is 39.8 Å². The van der Waals surface area contributed by atoms with Gasteiger partial charge in [-0.1, -0.05) is 0 Å². The standard InChI is InChI=1S/C13H18N4/c1-16-8-5-11-13(16)12(4-6-15-11)17-7-2-3-10(14)9-17/h4-6,8,10H,2-3,7,9,14H2,1H3. The number of aryl methyl sites for hydroxylation is 1. The lowest BCUT2D eigenvalue weighted by atomic mass is 10.1. The second-order valence-electron chi connectivity index (χ2n) is 4.84. The largest absolute Gasteiger partial charge is 0.368 e. The number of nitrogens with zero attached hydrogens (tertiary/aromatic N) is 3. The lowest BCUT2D eigenvalue weighted by molar-refractivity contribution is 0.506. The Morgan fingerprint density at radius 1 is 1.41 bits per heavy atom. The fourth-order valence-corrected chi connectivity index (χ4v) is 2.68. The number of anilines is 1. The minimum atomic E-state index is 0.298. The van der Waals surface area contributed by atoms with Crippen LogP contribution in [0.25, 0.3) is 11.0 Å². The first kappa shape index (κ1) is 10.6. The van der Waals surface area contributed by atoms with Gasteiger partial charge in [-0.2, -0.15) is 0 Å². The van der Waals surface area contributed by atoms with Gasteiger partial charge < -0.3 is 15.2 Å². The molecule has 4 heteroatoms. The summed E-state index contributed by atoms with van der Waals surface area (Å²) in [6, 6.07) is 4.45. The highest BCUT2D eigenvalue weighted by atomic mass is 15.2. The molecule has 2 N–H and O–H groups in total. The van der Waals surface area contributed by atoms with E-state index in [1.807, 2.05) is 6.20 Å². The predicted octanol–water partition coefficient (Wildman–Crippen LogP) is 1.50. The molecule has 2 aromatic heterocycles. The van der Waals surface area contributed by atoms with Crippen LogP contribution < -0.4 is 10.6 Å². The maximum Gasteiger partial charge on any atom is 0.0903 e. The molecular weight excluding hydrogens is 212 g/mol. The van der Waals surface area contributed by atoms with Gasteiger partial charge in [-0.3, -0.25) is 4.98 Å². The Hall–Kier alpha value is -1.55. The monoisotopic (exact) mass is 230 g/mol. The van der Waals surface area contributed by atoms with Gasteiger partial charge in [-0.15, -0.1) is 0 Å². The molecule has 0 saturated carbocycles. The molecule has 3 heterocycles. The highest BCUT2D eigenvalue weighted by Crippen LogP contribution is 2.27. The highest BCUT2D eigenvalue weighted by Gasteiger charge is 2.19. The molecule has 0 bridgehead atoms. The Bertz CT molecular complexity index is 531. The summed E-state index contributed by atoms with van der Waals surface area (Å²) in [4.78, 5) is 6.78. The maximum absolute atomic E-state index is 6.06. The number of fused-ring (bicyclic) bond motifs is 1. The first-order valence-electron chi connectivity index (χ1n) is 6.16. The number of hydrogen-bond donors (Lipinski definition) is 1. The molecular formula is C13H18N4. The molecule has 1 unspecified atom stereocenters. The van der Waals surface area contributed by atoms with Gasteiger partial charge in [0.15, 0.2) is 0 Å². The Morgan fingerprint density at radius 2 is 2.29 bits per heavy atom. The fraction of sp³-hybridized carbons (Fsp3) is 0.462. The van der Waals surface area contributed by atoms with E-state index in [0.29, 0.717) is 6.04 Å². The zero-order chi connectivity index (χ0) is 11.8. The second-order valence-corrected chi connectivity index (χ2v) is 4.84. The molecule has 1 aliphatic heterocycles. The molecule has 0 amide bonds. The number of rotatable bonds is 1. The quantitative estimate of drug-likeness (QED) is 0.807.